The zero-order chi connectivity index (χ0) is 25.8. The number of para-hydroxylation sites is 4. The number of hydrogen-bond donors (Lipinski definition) is 0. The van der Waals surface area contributed by atoms with Crippen LogP contribution in [0.25, 0.3) is 61.3 Å². The van der Waals surface area contributed by atoms with E-state index in [1.807, 2.05) is 0 Å². The van der Waals surface area contributed by atoms with E-state index in [1.165, 1.54) is 72.9 Å². The highest BCUT2D eigenvalue weighted by Crippen LogP contribution is 2.40. The van der Waals surface area contributed by atoms with Gasteiger partial charge in [0.1, 0.15) is 0 Å². The quantitative estimate of drug-likeness (QED) is 0.228. The van der Waals surface area contributed by atoms with E-state index in [2.05, 4.69) is 143 Å². The molecule has 0 saturated heterocycles. The Kier molecular flexibility index (Phi) is 5.06. The van der Waals surface area contributed by atoms with Crippen LogP contribution < -0.4 is 0 Å². The fourth-order valence-corrected chi connectivity index (χ4v) is 6.52. The minimum atomic E-state index is 1.08. The first kappa shape index (κ1) is 22.2. The number of aromatic nitrogens is 2. The molecule has 0 unspecified atom stereocenters. The Morgan fingerprint density at radius 1 is 0.538 bits per heavy atom. The summed E-state index contributed by atoms with van der Waals surface area (Å²) in [5, 5.41) is 3.89. The zero-order valence-electron chi connectivity index (χ0n) is 21.7. The molecule has 0 aliphatic heterocycles. The van der Waals surface area contributed by atoms with Gasteiger partial charge in [-0.2, -0.15) is 0 Å². The number of fused-ring (bicyclic) bond motifs is 6. The van der Waals surface area contributed by atoms with Crippen molar-refractivity contribution in [3.8, 4) is 22.5 Å². The average molecular weight is 501 g/mol. The average Bonchev–Trinajstić information content (AvgIpc) is 3.38. The molecule has 0 amide bonds. The Labute approximate surface area is 228 Å². The van der Waals surface area contributed by atoms with Crippen LogP contribution in [0.3, 0.4) is 0 Å². The first-order valence-electron chi connectivity index (χ1n) is 13.9. The molecule has 186 valence electrons. The summed E-state index contributed by atoms with van der Waals surface area (Å²) >= 11 is 0. The van der Waals surface area contributed by atoms with Crippen molar-refractivity contribution in [3.05, 3.63) is 139 Å². The summed E-state index contributed by atoms with van der Waals surface area (Å²) in [6, 6.07) is 44.2. The Hall–Kier alpha value is -4.82. The van der Waals surface area contributed by atoms with Crippen molar-refractivity contribution in [1.29, 1.82) is 0 Å². The Morgan fingerprint density at radius 3 is 2.08 bits per heavy atom. The molecule has 0 atom stereocenters. The summed E-state index contributed by atoms with van der Waals surface area (Å²) in [4.78, 5) is 0. The predicted molar refractivity (Wildman–Crippen MR) is 165 cm³/mol. The van der Waals surface area contributed by atoms with Crippen molar-refractivity contribution in [1.82, 2.24) is 9.13 Å². The van der Waals surface area contributed by atoms with Crippen LogP contribution in [0, 0.1) is 0 Å². The lowest BCUT2D eigenvalue weighted by atomic mass is 10.00. The molecule has 0 radical (unpaired) electrons. The van der Waals surface area contributed by atoms with Gasteiger partial charge in [-0.1, -0.05) is 97.1 Å². The first-order chi connectivity index (χ1) is 19.4. The largest absolute Gasteiger partial charge is 0.313 e. The molecule has 0 fully saturated rings. The lowest BCUT2D eigenvalue weighted by Crippen LogP contribution is -2.01. The van der Waals surface area contributed by atoms with E-state index in [9.17, 15) is 0 Å². The first-order valence-corrected chi connectivity index (χ1v) is 13.9. The second kappa shape index (κ2) is 8.89. The number of rotatable bonds is 3. The minimum Gasteiger partial charge on any atom is -0.313 e. The smallest absolute Gasteiger partial charge is 0.0619 e. The molecule has 0 saturated carbocycles. The van der Waals surface area contributed by atoms with Crippen molar-refractivity contribution in [2.24, 2.45) is 0 Å². The lowest BCUT2D eigenvalue weighted by molar-refractivity contribution is 0.807. The van der Waals surface area contributed by atoms with Gasteiger partial charge >= 0.3 is 0 Å². The van der Waals surface area contributed by atoms with Gasteiger partial charge < -0.3 is 9.13 Å². The molecule has 0 spiro atoms. The van der Waals surface area contributed by atoms with Gasteiger partial charge in [0.15, 0.2) is 0 Å². The third-order valence-electron chi connectivity index (χ3n) is 8.21. The SMILES string of the molecule is C1=Cc2c(n(-c3ccccc3)c3cc(-c4cccc5c6ccccc6n(-c6ccccc6)c45)ccc23)CCC1. The second-order valence-corrected chi connectivity index (χ2v) is 10.4. The zero-order valence-corrected chi connectivity index (χ0v) is 21.7. The number of benzene rings is 5. The summed E-state index contributed by atoms with van der Waals surface area (Å²) in [6.45, 7) is 0. The molecule has 2 heterocycles. The van der Waals surface area contributed by atoms with Gasteiger partial charge in [-0.3, -0.25) is 0 Å². The molecule has 8 rings (SSSR count). The summed E-state index contributed by atoms with van der Waals surface area (Å²) in [5.74, 6) is 0. The number of allylic oxidation sites excluding steroid dienone is 1. The second-order valence-electron chi connectivity index (χ2n) is 10.4. The molecule has 1 aliphatic carbocycles. The Morgan fingerprint density at radius 2 is 1.26 bits per heavy atom. The number of hydrogen-bond acceptors (Lipinski definition) is 0. The minimum absolute atomic E-state index is 1.08. The topological polar surface area (TPSA) is 9.86 Å². The van der Waals surface area contributed by atoms with Gasteiger partial charge in [0.05, 0.1) is 16.6 Å². The highest BCUT2D eigenvalue weighted by atomic mass is 15.0. The van der Waals surface area contributed by atoms with E-state index in [1.54, 1.807) is 0 Å². The van der Waals surface area contributed by atoms with Gasteiger partial charge in [0.25, 0.3) is 0 Å². The number of nitrogens with zero attached hydrogens (tertiary/aromatic N) is 2. The van der Waals surface area contributed by atoms with E-state index < -0.39 is 0 Å². The standard InChI is InChI=1S/C37H28N2/c1-4-13-27(14-5-1)38-34-21-9-3-8-17-30(34)32-24-23-26(25-36(32)38)29-19-12-20-33-31-18-10-11-22-35(31)39(37(29)33)28-15-6-2-7-16-28/h1-2,4-8,10-20,22-25H,3,9,21H2. The maximum absolute atomic E-state index is 2.50. The third-order valence-corrected chi connectivity index (χ3v) is 8.21. The summed E-state index contributed by atoms with van der Waals surface area (Å²) < 4.78 is 4.93. The van der Waals surface area contributed by atoms with E-state index in [0.717, 1.165) is 12.8 Å². The fraction of sp³-hybridized carbons (Fsp3) is 0.0811. The summed E-state index contributed by atoms with van der Waals surface area (Å²) in [7, 11) is 0. The van der Waals surface area contributed by atoms with Gasteiger partial charge in [0, 0.05) is 44.4 Å². The van der Waals surface area contributed by atoms with E-state index in [-0.39, 0.29) is 0 Å². The molecule has 7 aromatic rings. The molecular weight excluding hydrogens is 472 g/mol. The molecule has 39 heavy (non-hydrogen) atoms. The van der Waals surface area contributed by atoms with Gasteiger partial charge in [0.2, 0.25) is 0 Å². The highest BCUT2D eigenvalue weighted by molar-refractivity contribution is 6.14. The van der Waals surface area contributed by atoms with Crippen LogP contribution in [-0.4, -0.2) is 9.13 Å². The van der Waals surface area contributed by atoms with Crippen molar-refractivity contribution in [2.75, 3.05) is 0 Å². The Bertz CT molecular complexity index is 2020. The third kappa shape index (κ3) is 3.42. The van der Waals surface area contributed by atoms with Crippen LogP contribution in [0.1, 0.15) is 24.1 Å². The van der Waals surface area contributed by atoms with Gasteiger partial charge in [-0.05, 0) is 61.2 Å². The fourth-order valence-electron chi connectivity index (χ4n) is 6.52. The van der Waals surface area contributed by atoms with Crippen LogP contribution >= 0.6 is 0 Å². The normalized spacial score (nSPS) is 13.2. The van der Waals surface area contributed by atoms with E-state index in [4.69, 9.17) is 0 Å². The monoisotopic (exact) mass is 500 g/mol. The van der Waals surface area contributed by atoms with Crippen LogP contribution in [-0.2, 0) is 6.42 Å². The highest BCUT2D eigenvalue weighted by Gasteiger charge is 2.20. The van der Waals surface area contributed by atoms with Gasteiger partial charge in [-0.15, -0.1) is 0 Å². The maximum Gasteiger partial charge on any atom is 0.0619 e. The van der Waals surface area contributed by atoms with Gasteiger partial charge in [-0.25, -0.2) is 0 Å². The van der Waals surface area contributed by atoms with Crippen molar-refractivity contribution < 1.29 is 0 Å². The molecule has 1 aliphatic rings. The van der Waals surface area contributed by atoms with Crippen LogP contribution in [0.4, 0.5) is 0 Å². The predicted octanol–water partition coefficient (Wildman–Crippen LogP) is 9.74. The van der Waals surface area contributed by atoms with Crippen molar-refractivity contribution in [2.45, 2.75) is 19.3 Å². The summed E-state index contributed by atoms with van der Waals surface area (Å²) in [5.41, 5.74) is 11.4. The van der Waals surface area contributed by atoms with Crippen LogP contribution in [0.15, 0.2) is 127 Å². The molecule has 5 aromatic carbocycles. The van der Waals surface area contributed by atoms with E-state index >= 15 is 0 Å². The van der Waals surface area contributed by atoms with Crippen LogP contribution in [0.2, 0.25) is 0 Å². The molecule has 0 bridgehead atoms. The Balaban J connectivity index is 1.46. The van der Waals surface area contributed by atoms with Crippen molar-refractivity contribution in [3.63, 3.8) is 0 Å². The molecule has 2 heteroatoms. The van der Waals surface area contributed by atoms with E-state index in [0.29, 0.717) is 0 Å². The summed E-state index contributed by atoms with van der Waals surface area (Å²) in [6.07, 6.45) is 8.08. The van der Waals surface area contributed by atoms with Crippen molar-refractivity contribution >= 4 is 38.8 Å². The molecular formula is C37H28N2. The molecule has 2 aromatic heterocycles. The lowest BCUT2D eigenvalue weighted by Gasteiger charge is -2.13. The maximum atomic E-state index is 2.50. The van der Waals surface area contributed by atoms with Crippen LogP contribution in [0.5, 0.6) is 0 Å². The molecule has 2 nitrogen and oxygen atoms in total. The molecule has 0 N–H and O–H groups in total.